The Morgan fingerprint density at radius 2 is 1.85 bits per heavy atom. The zero-order valence-corrected chi connectivity index (χ0v) is 19.4. The number of amides is 1. The lowest BCUT2D eigenvalue weighted by Gasteiger charge is -2.34. The monoisotopic (exact) mass is 464 g/mol. The van der Waals surface area contributed by atoms with Gasteiger partial charge in [-0.05, 0) is 38.3 Å². The summed E-state index contributed by atoms with van der Waals surface area (Å²) in [7, 11) is 3.14. The summed E-state index contributed by atoms with van der Waals surface area (Å²) in [5.41, 5.74) is 1.31. The number of benzene rings is 2. The molecule has 1 N–H and O–H groups in total. The number of halogens is 1. The van der Waals surface area contributed by atoms with Gasteiger partial charge in [0.25, 0.3) is 5.91 Å². The van der Waals surface area contributed by atoms with E-state index in [9.17, 15) is 4.79 Å². The molecule has 1 unspecified atom stereocenters. The lowest BCUT2D eigenvalue weighted by atomic mass is 9.96. The second-order valence-corrected chi connectivity index (χ2v) is 8.55. The average molecular weight is 465 g/mol. The molecular formula is C24H25FN6O3. The number of rotatable bonds is 5. The highest BCUT2D eigenvalue weighted by molar-refractivity contribution is 5.99. The van der Waals surface area contributed by atoms with Crippen LogP contribution < -0.4 is 9.47 Å². The number of aromatic amines is 1. The van der Waals surface area contributed by atoms with Crippen LogP contribution in [0.5, 0.6) is 11.5 Å². The number of imidazole rings is 1. The van der Waals surface area contributed by atoms with E-state index in [-0.39, 0.29) is 5.56 Å². The number of methoxy groups -OCH3 is 2. The number of hydrogen-bond donors (Lipinski definition) is 1. The quantitative estimate of drug-likeness (QED) is 0.483. The summed E-state index contributed by atoms with van der Waals surface area (Å²) in [6.07, 6.45) is 4.41. The van der Waals surface area contributed by atoms with Gasteiger partial charge in [0.2, 0.25) is 0 Å². The molecule has 1 fully saturated rings. The molecule has 0 saturated carbocycles. The molecule has 3 heterocycles. The molecule has 0 spiro atoms. The molecule has 1 atom stereocenters. The molecule has 0 aliphatic carbocycles. The molecular weight excluding hydrogens is 439 g/mol. The van der Waals surface area contributed by atoms with Crippen LogP contribution in [-0.2, 0) is 5.54 Å². The maximum Gasteiger partial charge on any atom is 0.259 e. The minimum Gasteiger partial charge on any atom is -0.493 e. The van der Waals surface area contributed by atoms with Gasteiger partial charge in [-0.15, -0.1) is 0 Å². The zero-order valence-electron chi connectivity index (χ0n) is 19.4. The first-order valence-corrected chi connectivity index (χ1v) is 11.0. The van der Waals surface area contributed by atoms with E-state index in [1.54, 1.807) is 44.2 Å². The number of hydrogen-bond acceptors (Lipinski definition) is 6. The maximum absolute atomic E-state index is 15.4. The Balaban J connectivity index is 1.60. The summed E-state index contributed by atoms with van der Waals surface area (Å²) in [5, 5.41) is 8.22. The van der Waals surface area contributed by atoms with Gasteiger partial charge >= 0.3 is 0 Å². The van der Waals surface area contributed by atoms with E-state index in [0.29, 0.717) is 47.1 Å². The van der Waals surface area contributed by atoms with Crippen LogP contribution in [0.3, 0.4) is 0 Å². The predicted molar refractivity (Wildman–Crippen MR) is 123 cm³/mol. The molecule has 176 valence electrons. The number of ether oxygens (including phenoxy) is 2. The highest BCUT2D eigenvalue weighted by atomic mass is 19.1. The molecule has 5 rings (SSSR count). The number of carbonyl (C=O) groups excluding carboxylic acids is 1. The number of aromatic nitrogens is 5. The second-order valence-electron chi connectivity index (χ2n) is 8.55. The van der Waals surface area contributed by atoms with E-state index in [2.05, 4.69) is 15.2 Å². The summed E-state index contributed by atoms with van der Waals surface area (Å²) in [6, 6.07) is 6.89. The highest BCUT2D eigenvalue weighted by Gasteiger charge is 2.45. The molecule has 9 nitrogen and oxygen atoms in total. The zero-order chi connectivity index (χ0) is 24.0. The third-order valence-electron chi connectivity index (χ3n) is 6.54. The van der Waals surface area contributed by atoms with E-state index in [0.717, 1.165) is 11.9 Å². The van der Waals surface area contributed by atoms with Crippen molar-refractivity contribution in [3.8, 4) is 17.2 Å². The summed E-state index contributed by atoms with van der Waals surface area (Å²) in [4.78, 5) is 25.0. The van der Waals surface area contributed by atoms with Gasteiger partial charge in [-0.25, -0.2) is 9.37 Å². The van der Waals surface area contributed by atoms with Crippen LogP contribution in [-0.4, -0.2) is 56.5 Å². The highest BCUT2D eigenvalue weighted by Crippen LogP contribution is 2.41. The Morgan fingerprint density at radius 1 is 1.15 bits per heavy atom. The molecule has 34 heavy (non-hydrogen) atoms. The number of fused-ring (bicyclic) bond motifs is 1. The van der Waals surface area contributed by atoms with Crippen LogP contribution in [0.15, 0.2) is 36.7 Å². The Morgan fingerprint density at radius 3 is 2.56 bits per heavy atom. The van der Waals surface area contributed by atoms with E-state index in [1.807, 2.05) is 13.0 Å². The van der Waals surface area contributed by atoms with Gasteiger partial charge in [-0.1, -0.05) is 6.07 Å². The fourth-order valence-electron chi connectivity index (χ4n) is 4.64. The van der Waals surface area contributed by atoms with Crippen molar-refractivity contribution in [3.63, 3.8) is 0 Å². The molecule has 2 aromatic carbocycles. The largest absolute Gasteiger partial charge is 0.493 e. The minimum absolute atomic E-state index is 0.0521. The van der Waals surface area contributed by atoms with Crippen molar-refractivity contribution in [1.82, 2.24) is 29.9 Å². The maximum atomic E-state index is 15.4. The Bertz CT molecular complexity index is 1340. The number of aryl methyl sites for hydroxylation is 1. The van der Waals surface area contributed by atoms with Gasteiger partial charge in [-0.3, -0.25) is 4.79 Å². The van der Waals surface area contributed by atoms with Crippen LogP contribution in [0.25, 0.3) is 16.7 Å². The van der Waals surface area contributed by atoms with E-state index < -0.39 is 17.3 Å². The van der Waals surface area contributed by atoms with Crippen molar-refractivity contribution in [1.29, 1.82) is 0 Å². The van der Waals surface area contributed by atoms with E-state index in [4.69, 9.17) is 14.5 Å². The van der Waals surface area contributed by atoms with Crippen molar-refractivity contribution >= 4 is 16.9 Å². The average Bonchev–Trinajstić information content (AvgIpc) is 3.59. The minimum atomic E-state index is -0.762. The molecule has 1 saturated heterocycles. The van der Waals surface area contributed by atoms with Crippen molar-refractivity contribution in [3.05, 3.63) is 59.4 Å². The Kier molecular flexibility index (Phi) is 5.22. The first-order chi connectivity index (χ1) is 16.4. The summed E-state index contributed by atoms with van der Waals surface area (Å²) in [5.74, 6) is 0.761. The molecule has 0 radical (unpaired) electrons. The first-order valence-electron chi connectivity index (χ1n) is 11.0. The number of likely N-dealkylation sites (tertiary alicyclic amines) is 1. The summed E-state index contributed by atoms with van der Waals surface area (Å²) < 4.78 is 26.2. The first kappa shape index (κ1) is 21.9. The number of nitrogens with zero attached hydrogens (tertiary/aromatic N) is 5. The summed E-state index contributed by atoms with van der Waals surface area (Å²) in [6.45, 7) is 4.05. The van der Waals surface area contributed by atoms with Gasteiger partial charge in [-0.2, -0.15) is 15.0 Å². The smallest absolute Gasteiger partial charge is 0.259 e. The third-order valence-corrected chi connectivity index (χ3v) is 6.54. The van der Waals surface area contributed by atoms with E-state index >= 15 is 4.39 Å². The standard InChI is InChI=1S/C24H25FN6O3/c1-14-6-7-17(31-26-9-10-27-31)20(21(14)25)22(32)30-11-5-8-24(30,2)23-28-15-12-18(33-3)19(34-4)13-16(15)29-23/h6-7,9-10,12-13H,5,8,11H2,1-4H3,(H,28,29). The second kappa shape index (κ2) is 8.12. The van der Waals surface area contributed by atoms with Crippen LogP contribution in [0.2, 0.25) is 0 Å². The van der Waals surface area contributed by atoms with Gasteiger partial charge in [0.15, 0.2) is 11.5 Å². The fourth-order valence-corrected chi connectivity index (χ4v) is 4.64. The molecule has 4 aromatic rings. The van der Waals surface area contributed by atoms with Gasteiger partial charge in [0.1, 0.15) is 22.9 Å². The number of nitrogens with one attached hydrogen (secondary N) is 1. The Hall–Kier alpha value is -3.95. The van der Waals surface area contributed by atoms with Crippen molar-refractivity contribution < 1.29 is 18.7 Å². The van der Waals surface area contributed by atoms with Crippen molar-refractivity contribution in [2.75, 3.05) is 20.8 Å². The summed E-state index contributed by atoms with van der Waals surface area (Å²) >= 11 is 0. The number of H-pyrrole nitrogens is 1. The molecule has 0 bridgehead atoms. The molecule has 1 aliphatic heterocycles. The van der Waals surface area contributed by atoms with Crippen LogP contribution in [0, 0.1) is 12.7 Å². The third kappa shape index (κ3) is 3.28. The van der Waals surface area contributed by atoms with Crippen LogP contribution in [0.1, 0.15) is 41.5 Å². The van der Waals surface area contributed by atoms with Gasteiger partial charge in [0.05, 0.1) is 43.2 Å². The SMILES string of the molecule is COc1cc2nc(C3(C)CCCN3C(=O)c3c(-n4nccn4)ccc(C)c3F)[nH]c2cc1OC. The van der Waals surface area contributed by atoms with Crippen LogP contribution in [0.4, 0.5) is 4.39 Å². The lowest BCUT2D eigenvalue weighted by molar-refractivity contribution is 0.0600. The van der Waals surface area contributed by atoms with E-state index in [1.165, 1.54) is 17.2 Å². The molecule has 1 aliphatic rings. The Labute approximate surface area is 195 Å². The van der Waals surface area contributed by atoms with Crippen LogP contribution >= 0.6 is 0 Å². The number of carbonyl (C=O) groups is 1. The molecule has 10 heteroatoms. The molecule has 2 aromatic heterocycles. The van der Waals surface area contributed by atoms with Crippen molar-refractivity contribution in [2.45, 2.75) is 32.2 Å². The fraction of sp³-hybridized carbons (Fsp3) is 0.333. The van der Waals surface area contributed by atoms with Gasteiger partial charge in [0, 0.05) is 18.7 Å². The predicted octanol–water partition coefficient (Wildman–Crippen LogP) is 3.76. The topological polar surface area (TPSA) is 98.2 Å². The van der Waals surface area contributed by atoms with Crippen molar-refractivity contribution in [2.24, 2.45) is 0 Å². The molecule has 1 amide bonds. The normalized spacial score (nSPS) is 18.0. The van der Waals surface area contributed by atoms with Gasteiger partial charge < -0.3 is 19.4 Å². The lowest BCUT2D eigenvalue weighted by Crippen LogP contribution is -2.44.